The molecule has 10 atom stereocenters. The van der Waals surface area contributed by atoms with Crippen LogP contribution in [0, 0.1) is 144 Å². The number of carbonyl (C=O) groups excluding carboxylic acids is 5. The number of aromatic nitrogens is 8. The molecule has 5 aliphatic carbocycles. The Morgan fingerprint density at radius 3 is 0.865 bits per heavy atom. The zero-order valence-electron chi connectivity index (χ0n) is 72.6. The van der Waals surface area contributed by atoms with Gasteiger partial charge in [-0.3, -0.25) is 24.0 Å². The number of amides is 5. The highest BCUT2D eigenvalue weighted by Crippen LogP contribution is 2.46. The van der Waals surface area contributed by atoms with E-state index < -0.39 is 0 Å². The number of nitrogens with one attached hydrogen (secondary N) is 5. The summed E-state index contributed by atoms with van der Waals surface area (Å²) >= 11 is 2.86. The summed E-state index contributed by atoms with van der Waals surface area (Å²) in [6, 6.07) is 59.3. The molecular weight excluding hydrogens is 1710 g/mol. The Morgan fingerprint density at radius 2 is 0.594 bits per heavy atom. The van der Waals surface area contributed by atoms with Gasteiger partial charge in [0.05, 0.1) is 99.3 Å². The lowest BCUT2D eigenvalue weighted by Crippen LogP contribution is -2.15. The van der Waals surface area contributed by atoms with Gasteiger partial charge in [0.25, 0.3) is 0 Å². The highest BCUT2D eigenvalue weighted by Gasteiger charge is 2.47. The molecule has 19 N–H and O–H groups in total. The van der Waals surface area contributed by atoms with E-state index in [0.717, 1.165) is 153 Å². The van der Waals surface area contributed by atoms with Crippen molar-refractivity contribution in [3.05, 3.63) is 223 Å². The molecular formula is C101H87N25O5S2. The van der Waals surface area contributed by atoms with Crippen molar-refractivity contribution in [3.63, 3.8) is 0 Å². The maximum absolute atomic E-state index is 12.3. The van der Waals surface area contributed by atoms with E-state index in [2.05, 4.69) is 119 Å². The molecule has 0 spiro atoms. The van der Waals surface area contributed by atoms with Crippen LogP contribution in [0.3, 0.4) is 0 Å². The monoisotopic (exact) mass is 1790 g/mol. The number of nitrogen functional groups attached to an aromatic ring is 7. The van der Waals surface area contributed by atoms with Crippen molar-refractivity contribution in [1.29, 1.82) is 26.3 Å². The number of benzene rings is 8. The first-order chi connectivity index (χ1) is 64.1. The molecule has 30 nitrogen and oxygen atoms in total. The van der Waals surface area contributed by atoms with Crippen molar-refractivity contribution in [3.8, 4) is 84.6 Å². The fourth-order valence-electron chi connectivity index (χ4n) is 16.4. The minimum Gasteiger partial charge on any atom is -0.398 e. The van der Waals surface area contributed by atoms with Crippen molar-refractivity contribution in [2.75, 3.05) is 66.7 Å². The van der Waals surface area contributed by atoms with E-state index in [1.54, 1.807) is 43.1 Å². The molecule has 5 saturated carbocycles. The fraction of sp³-hybridized carbons (Fsp3) is 0.198. The van der Waals surface area contributed by atoms with E-state index >= 15 is 0 Å². The second-order valence-electron chi connectivity index (χ2n) is 34.0. The van der Waals surface area contributed by atoms with Gasteiger partial charge in [-0.05, 0) is 292 Å². The highest BCUT2D eigenvalue weighted by atomic mass is 32.1. The summed E-state index contributed by atoms with van der Waals surface area (Å²) < 4.78 is 10.5. The zero-order valence-corrected chi connectivity index (χ0v) is 74.2. The molecule has 0 unspecified atom stereocenters. The number of fused-ring (bicyclic) bond motifs is 6. The van der Waals surface area contributed by atoms with Crippen molar-refractivity contribution < 1.29 is 24.0 Å². The number of aryl methyl sites for hydroxylation is 3. The normalized spacial score (nSPS) is 18.3. The van der Waals surface area contributed by atoms with Gasteiger partial charge in [0.15, 0.2) is 0 Å². The Balaban J connectivity index is 0.000000116. The van der Waals surface area contributed by atoms with Gasteiger partial charge < -0.3 is 71.3 Å². The molecule has 133 heavy (non-hydrogen) atoms. The summed E-state index contributed by atoms with van der Waals surface area (Å²) in [4.78, 5) is 84.4. The van der Waals surface area contributed by atoms with Crippen LogP contribution in [0.15, 0.2) is 201 Å². The maximum atomic E-state index is 12.3. The fourth-order valence-corrected chi connectivity index (χ4v) is 17.8. The van der Waals surface area contributed by atoms with Crippen LogP contribution in [0.4, 0.5) is 68.9 Å². The predicted octanol–water partition coefficient (Wildman–Crippen LogP) is 17.7. The number of nitrogens with two attached hydrogens (primary N) is 7. The van der Waals surface area contributed by atoms with Crippen LogP contribution < -0.4 is 66.7 Å². The maximum Gasteiger partial charge on any atom is 0.230 e. The molecule has 21 rings (SSSR count). The SMILES string of the molecule is Cc1c(N)cccc1-c1cc(N)c2cnc(NC(=O)[C@@H]3C[C@H]3C#N)cc2c1.Cc1c(N)cccc1-c1cc(N)c2cnc(NC(=O)[C@H]3C[C@@H]3C#N)cc2c1.Cc1cnsc1-c1cc(N)c2cnc(NC(=O)[C@@H]3C[C@H]3C#N)cc2c1.Cc1cnsc1-c1cc(N)c2cnc(NC(=O)[C@H]3C[C@@H]3C#N)cc2c1.Cn1ccc2c(-c3cc(N)c4cnc(NC(=O)[C@H]5C[C@@H]5C#N)cc4c3)cccc21. The Hall–Kier alpha value is -17.0. The van der Waals surface area contributed by atoms with Gasteiger partial charge in [-0.1, -0.05) is 36.4 Å². The van der Waals surface area contributed by atoms with Gasteiger partial charge in [-0.15, -0.1) is 0 Å². The summed E-state index contributed by atoms with van der Waals surface area (Å²) in [5.74, 6) is -0.486. The second-order valence-corrected chi connectivity index (χ2v) is 35.6. The van der Waals surface area contributed by atoms with Crippen LogP contribution in [0.1, 0.15) is 54.4 Å². The molecule has 0 saturated heterocycles. The van der Waals surface area contributed by atoms with Crippen LogP contribution in [-0.2, 0) is 31.0 Å². The van der Waals surface area contributed by atoms with Crippen molar-refractivity contribution in [2.24, 2.45) is 66.2 Å². The predicted molar refractivity (Wildman–Crippen MR) is 523 cm³/mol. The van der Waals surface area contributed by atoms with Crippen molar-refractivity contribution >= 4 is 186 Å². The van der Waals surface area contributed by atoms with Gasteiger partial charge in [0.1, 0.15) is 29.1 Å². The number of nitrogens with zero attached hydrogens (tertiary/aromatic N) is 13. The van der Waals surface area contributed by atoms with Gasteiger partial charge in [0.2, 0.25) is 29.5 Å². The zero-order chi connectivity index (χ0) is 93.5. The third-order valence-electron chi connectivity index (χ3n) is 24.7. The summed E-state index contributed by atoms with van der Waals surface area (Å²) in [5.41, 5.74) is 61.2. The van der Waals surface area contributed by atoms with Gasteiger partial charge in [-0.25, -0.2) is 33.7 Å². The number of rotatable bonds is 15. The van der Waals surface area contributed by atoms with Crippen molar-refractivity contribution in [2.45, 2.75) is 59.8 Å². The summed E-state index contributed by atoms with van der Waals surface area (Å²) in [6.07, 6.45) is 17.1. The number of anilines is 12. The Bertz CT molecular complexity index is 7370. The van der Waals surface area contributed by atoms with E-state index in [9.17, 15) is 24.0 Å². The first kappa shape index (κ1) is 88.1. The van der Waals surface area contributed by atoms with E-state index in [0.29, 0.717) is 89.6 Å². The molecule has 5 fully saturated rings. The highest BCUT2D eigenvalue weighted by molar-refractivity contribution is 7.10. The van der Waals surface area contributed by atoms with Crippen LogP contribution in [0.2, 0.25) is 0 Å². The molecule has 5 amide bonds. The van der Waals surface area contributed by atoms with E-state index in [1.807, 2.05) is 169 Å². The molecule has 5 aliphatic rings. The molecule has 32 heteroatoms. The Morgan fingerprint density at radius 1 is 0.331 bits per heavy atom. The standard InChI is InChI=1S/C23H19N5O.2C21H19N5O.2C18H15N5OS/c1-28-6-5-17-16(3-2-4-21(17)28)13-7-14-10-22(26-12-19(14)20(25)9-13)27-23(29)18-8-15(18)11-24;2*1-11-15(3-2-4-18(11)23)12-5-13-8-20(25-10-17(13)19(24)7-12)26-21(27)16-6-14(16)9-22;2*1-9-7-22-25-17(9)11-2-10-5-16(21-8-14(10)15(20)4-11)23-18(24)13-3-12(13)6-19/h2-7,9-10,12,15,18H,8,25H2,1H3,(H,26,27,29);2*2-5,7-8,10,14,16H,6,23-24H2,1H3,(H,25,26,27);2*2,4-5,7-8,12-13H,3,20H2,1H3,(H,21,23,24)/t15-,18+;2*14-,16+;2*12-,13+/m11010/s1. The molecule has 0 bridgehead atoms. The Kier molecular flexibility index (Phi) is 24.3. The first-order valence-corrected chi connectivity index (χ1v) is 44.3. The first-order valence-electron chi connectivity index (χ1n) is 42.7. The molecule has 8 aromatic carbocycles. The molecule has 8 heterocycles. The summed E-state index contributed by atoms with van der Waals surface area (Å²) in [5, 5.41) is 68.2. The van der Waals surface area contributed by atoms with Crippen molar-refractivity contribution in [1.82, 2.24) is 38.2 Å². The number of hydrogen-bond acceptors (Lipinski definition) is 26. The van der Waals surface area contributed by atoms with E-state index in [1.165, 1.54) is 23.1 Å². The van der Waals surface area contributed by atoms with E-state index in [-0.39, 0.29) is 88.7 Å². The molecule has 658 valence electrons. The van der Waals surface area contributed by atoms with Crippen LogP contribution >= 0.6 is 23.1 Å². The third kappa shape index (κ3) is 18.9. The van der Waals surface area contributed by atoms with Gasteiger partial charge in [-0.2, -0.15) is 26.3 Å². The third-order valence-corrected chi connectivity index (χ3v) is 26.6. The summed E-state index contributed by atoms with van der Waals surface area (Å²) in [7, 11) is 2.03. The Labute approximate surface area is 770 Å². The molecule has 0 radical (unpaired) electrons. The minimum atomic E-state index is -0.237. The van der Waals surface area contributed by atoms with Crippen LogP contribution in [0.25, 0.3) is 119 Å². The minimum absolute atomic E-state index is 0.151. The molecule has 0 aliphatic heterocycles. The quantitative estimate of drug-likeness (QED) is 0.0424. The van der Waals surface area contributed by atoms with Gasteiger partial charge >= 0.3 is 0 Å². The average molecular weight is 1800 g/mol. The van der Waals surface area contributed by atoms with Crippen LogP contribution in [-0.4, -0.2) is 67.8 Å². The lowest BCUT2D eigenvalue weighted by Gasteiger charge is -2.12. The largest absolute Gasteiger partial charge is 0.398 e. The molecule has 8 aromatic heterocycles. The average Bonchev–Trinajstić information content (AvgIpc) is 1.63. The number of hydrogen-bond donors (Lipinski definition) is 12. The lowest BCUT2D eigenvalue weighted by atomic mass is 9.96. The number of pyridine rings is 5. The summed E-state index contributed by atoms with van der Waals surface area (Å²) in [6.45, 7) is 7.98. The van der Waals surface area contributed by atoms with E-state index in [4.69, 9.17) is 66.4 Å². The smallest absolute Gasteiger partial charge is 0.230 e. The topological polar surface area (TPSA) is 542 Å². The number of nitriles is 5. The number of carbonyl (C=O) groups is 5. The van der Waals surface area contributed by atoms with Crippen LogP contribution in [0.5, 0.6) is 0 Å². The second kappa shape index (κ2) is 36.6. The van der Waals surface area contributed by atoms with Gasteiger partial charge in [0, 0.05) is 134 Å². The molecule has 16 aromatic rings. The lowest BCUT2D eigenvalue weighted by molar-refractivity contribution is -0.118.